The van der Waals surface area contributed by atoms with E-state index in [0.29, 0.717) is 18.1 Å². The van der Waals surface area contributed by atoms with Crippen LogP contribution in [0.25, 0.3) is 0 Å². The lowest BCUT2D eigenvalue weighted by atomic mass is 10.1. The van der Waals surface area contributed by atoms with Crippen molar-refractivity contribution >= 4 is 11.7 Å². The summed E-state index contributed by atoms with van der Waals surface area (Å²) in [7, 11) is 1.66. The number of benzene rings is 2. The molecule has 0 spiro atoms. The predicted octanol–water partition coefficient (Wildman–Crippen LogP) is 2.95. The molecule has 0 unspecified atom stereocenters. The lowest BCUT2D eigenvalue weighted by Gasteiger charge is -2.10. The average molecular weight is 287 g/mol. The van der Waals surface area contributed by atoms with E-state index in [4.69, 9.17) is 20.3 Å². The maximum absolute atomic E-state index is 11.0. The molecule has 0 amide bonds. The van der Waals surface area contributed by atoms with Gasteiger partial charge in [-0.15, -0.1) is 0 Å². The fourth-order valence-corrected chi connectivity index (χ4v) is 1.89. The summed E-state index contributed by atoms with van der Waals surface area (Å²) < 4.78 is 10.7. The molecule has 2 rings (SSSR count). The van der Waals surface area contributed by atoms with Crippen LogP contribution in [-0.4, -0.2) is 24.8 Å². The zero-order valence-electron chi connectivity index (χ0n) is 11.7. The summed E-state index contributed by atoms with van der Waals surface area (Å²) in [6, 6.07) is 12.2. The lowest BCUT2D eigenvalue weighted by Crippen LogP contribution is -2.03. The van der Waals surface area contributed by atoms with Gasteiger partial charge < -0.3 is 20.3 Å². The highest BCUT2D eigenvalue weighted by molar-refractivity contribution is 5.95. The Morgan fingerprint density at radius 2 is 1.90 bits per heavy atom. The van der Waals surface area contributed by atoms with Gasteiger partial charge in [-0.3, -0.25) is 0 Å². The van der Waals surface area contributed by atoms with Crippen LogP contribution in [-0.2, 0) is 11.2 Å². The van der Waals surface area contributed by atoms with Gasteiger partial charge in [0.15, 0.2) is 5.75 Å². The lowest BCUT2D eigenvalue weighted by molar-refractivity contribution is 0.0697. The quantitative estimate of drug-likeness (QED) is 0.798. The Kier molecular flexibility index (Phi) is 4.79. The van der Waals surface area contributed by atoms with Crippen LogP contribution in [0.5, 0.6) is 11.5 Å². The molecule has 5 nitrogen and oxygen atoms in total. The zero-order chi connectivity index (χ0) is 15.2. The summed E-state index contributed by atoms with van der Waals surface area (Å²) >= 11 is 0. The van der Waals surface area contributed by atoms with E-state index in [1.54, 1.807) is 19.2 Å². The molecule has 0 aliphatic heterocycles. The number of para-hydroxylation sites is 1. The molecule has 5 heteroatoms. The maximum atomic E-state index is 11.0. The molecule has 0 saturated heterocycles. The zero-order valence-corrected chi connectivity index (χ0v) is 11.7. The second-order valence-corrected chi connectivity index (χ2v) is 4.51. The van der Waals surface area contributed by atoms with Crippen molar-refractivity contribution in [2.45, 2.75) is 6.42 Å². The second kappa shape index (κ2) is 6.76. The van der Waals surface area contributed by atoms with E-state index < -0.39 is 5.97 Å². The van der Waals surface area contributed by atoms with Crippen molar-refractivity contribution in [2.24, 2.45) is 0 Å². The second-order valence-electron chi connectivity index (χ2n) is 4.51. The molecule has 3 N–H and O–H groups in total. The third-order valence-electron chi connectivity index (χ3n) is 3.04. The van der Waals surface area contributed by atoms with E-state index in [1.807, 2.05) is 24.3 Å². The fourth-order valence-electron chi connectivity index (χ4n) is 1.89. The smallest absolute Gasteiger partial charge is 0.337 e. The topological polar surface area (TPSA) is 81.8 Å². The Labute approximate surface area is 122 Å². The van der Waals surface area contributed by atoms with Gasteiger partial charge in [0.2, 0.25) is 0 Å². The van der Waals surface area contributed by atoms with E-state index in [2.05, 4.69) is 0 Å². The van der Waals surface area contributed by atoms with E-state index in [1.165, 1.54) is 6.07 Å². The van der Waals surface area contributed by atoms with Crippen LogP contribution >= 0.6 is 0 Å². The molecule has 0 fully saturated rings. The standard InChI is InChI=1S/C16H17NO4/c1-20-10-9-11-5-7-12(8-6-11)21-14-4-2-3-13(15(14)17)16(18)19/h2-8H,9-10,17H2,1H3,(H,18,19). The minimum absolute atomic E-state index is 0.0317. The highest BCUT2D eigenvalue weighted by Crippen LogP contribution is 2.30. The van der Waals surface area contributed by atoms with Gasteiger partial charge in [0.25, 0.3) is 0 Å². The molecule has 0 saturated carbocycles. The molecule has 0 bridgehead atoms. The summed E-state index contributed by atoms with van der Waals surface area (Å²) in [5.74, 6) is -0.141. The van der Waals surface area contributed by atoms with E-state index in [-0.39, 0.29) is 11.3 Å². The molecular formula is C16H17NO4. The van der Waals surface area contributed by atoms with Crippen LogP contribution in [0.15, 0.2) is 42.5 Å². The largest absolute Gasteiger partial charge is 0.478 e. The van der Waals surface area contributed by atoms with Crippen molar-refractivity contribution in [3.05, 3.63) is 53.6 Å². The molecule has 2 aromatic carbocycles. The molecule has 0 radical (unpaired) electrons. The highest BCUT2D eigenvalue weighted by Gasteiger charge is 2.12. The Balaban J connectivity index is 2.15. The van der Waals surface area contributed by atoms with Gasteiger partial charge in [0, 0.05) is 7.11 Å². The van der Waals surface area contributed by atoms with Crippen LogP contribution in [0.2, 0.25) is 0 Å². The number of aromatic carboxylic acids is 1. The first-order valence-corrected chi connectivity index (χ1v) is 6.49. The first-order chi connectivity index (χ1) is 10.1. The number of ether oxygens (including phenoxy) is 2. The third kappa shape index (κ3) is 3.73. The van der Waals surface area contributed by atoms with Crippen molar-refractivity contribution in [1.29, 1.82) is 0 Å². The summed E-state index contributed by atoms with van der Waals surface area (Å²) in [5.41, 5.74) is 7.09. The van der Waals surface area contributed by atoms with Gasteiger partial charge in [0.1, 0.15) is 5.75 Å². The van der Waals surface area contributed by atoms with Crippen molar-refractivity contribution in [3.8, 4) is 11.5 Å². The number of hydrogen-bond donors (Lipinski definition) is 2. The molecule has 2 aromatic rings. The van der Waals surface area contributed by atoms with Gasteiger partial charge in [-0.25, -0.2) is 4.79 Å². The van der Waals surface area contributed by atoms with Crippen LogP contribution in [0.1, 0.15) is 15.9 Å². The monoisotopic (exact) mass is 287 g/mol. The fraction of sp³-hybridized carbons (Fsp3) is 0.188. The number of methoxy groups -OCH3 is 1. The Bertz CT molecular complexity index is 623. The Hall–Kier alpha value is -2.53. The summed E-state index contributed by atoms with van der Waals surface area (Å²) in [6.45, 7) is 0.661. The number of carboxylic acids is 1. The molecular weight excluding hydrogens is 270 g/mol. The number of carbonyl (C=O) groups is 1. The number of hydrogen-bond acceptors (Lipinski definition) is 4. The molecule has 0 aromatic heterocycles. The van der Waals surface area contributed by atoms with Crippen molar-refractivity contribution in [2.75, 3.05) is 19.5 Å². The number of rotatable bonds is 6. The number of anilines is 1. The number of carboxylic acid groups (broad SMARTS) is 1. The minimum atomic E-state index is -1.08. The molecule has 0 atom stereocenters. The average Bonchev–Trinajstić information content (AvgIpc) is 2.48. The number of nitrogen functional groups attached to an aromatic ring is 1. The van der Waals surface area contributed by atoms with Crippen molar-refractivity contribution in [3.63, 3.8) is 0 Å². The van der Waals surface area contributed by atoms with Gasteiger partial charge in [-0.05, 0) is 36.2 Å². The highest BCUT2D eigenvalue weighted by atomic mass is 16.5. The SMILES string of the molecule is COCCc1ccc(Oc2cccc(C(=O)O)c2N)cc1. The van der Waals surface area contributed by atoms with Gasteiger partial charge in [-0.1, -0.05) is 18.2 Å². The molecule has 21 heavy (non-hydrogen) atoms. The molecule has 0 aliphatic carbocycles. The third-order valence-corrected chi connectivity index (χ3v) is 3.04. The van der Waals surface area contributed by atoms with Crippen molar-refractivity contribution < 1.29 is 19.4 Å². The molecule has 0 aliphatic rings. The predicted molar refractivity (Wildman–Crippen MR) is 79.9 cm³/mol. The first kappa shape index (κ1) is 14.9. The maximum Gasteiger partial charge on any atom is 0.337 e. The van der Waals surface area contributed by atoms with Gasteiger partial charge in [0.05, 0.1) is 17.9 Å². The van der Waals surface area contributed by atoms with E-state index in [9.17, 15) is 4.79 Å². The van der Waals surface area contributed by atoms with Crippen LogP contribution in [0.3, 0.4) is 0 Å². The summed E-state index contributed by atoms with van der Waals surface area (Å²) in [5, 5.41) is 9.03. The summed E-state index contributed by atoms with van der Waals surface area (Å²) in [4.78, 5) is 11.0. The van der Waals surface area contributed by atoms with E-state index in [0.717, 1.165) is 12.0 Å². The van der Waals surface area contributed by atoms with Crippen molar-refractivity contribution in [1.82, 2.24) is 0 Å². The normalized spacial score (nSPS) is 10.3. The summed E-state index contributed by atoms with van der Waals surface area (Å²) in [6.07, 6.45) is 0.827. The number of nitrogens with two attached hydrogens (primary N) is 1. The van der Waals surface area contributed by atoms with Crippen LogP contribution in [0, 0.1) is 0 Å². The first-order valence-electron chi connectivity index (χ1n) is 6.49. The van der Waals surface area contributed by atoms with Crippen LogP contribution in [0.4, 0.5) is 5.69 Å². The molecule has 0 heterocycles. The van der Waals surface area contributed by atoms with Gasteiger partial charge >= 0.3 is 5.97 Å². The Morgan fingerprint density at radius 1 is 1.19 bits per heavy atom. The van der Waals surface area contributed by atoms with Gasteiger partial charge in [-0.2, -0.15) is 0 Å². The van der Waals surface area contributed by atoms with Crippen LogP contribution < -0.4 is 10.5 Å². The minimum Gasteiger partial charge on any atom is -0.478 e. The molecule has 110 valence electrons. The Morgan fingerprint density at radius 3 is 2.52 bits per heavy atom. The van der Waals surface area contributed by atoms with E-state index >= 15 is 0 Å².